The summed E-state index contributed by atoms with van der Waals surface area (Å²) in [6.07, 6.45) is 0. The molecule has 0 fully saturated rings. The SMILES string of the molecule is Cc1ccc(I)c(C(N)=O)c1C#N. The summed E-state index contributed by atoms with van der Waals surface area (Å²) in [6.45, 7) is 1.78. The number of benzene rings is 1. The largest absolute Gasteiger partial charge is 0.366 e. The second kappa shape index (κ2) is 3.75. The molecule has 0 heterocycles. The highest BCUT2D eigenvalue weighted by molar-refractivity contribution is 14.1. The third-order valence-corrected chi connectivity index (χ3v) is 2.62. The number of rotatable bonds is 1. The van der Waals surface area contributed by atoms with E-state index in [-0.39, 0.29) is 0 Å². The number of amides is 1. The molecule has 0 aromatic heterocycles. The van der Waals surface area contributed by atoms with Crippen LogP contribution in [0.25, 0.3) is 0 Å². The van der Waals surface area contributed by atoms with Gasteiger partial charge in [-0.25, -0.2) is 0 Å². The smallest absolute Gasteiger partial charge is 0.251 e. The number of nitriles is 1. The molecule has 3 nitrogen and oxygen atoms in total. The van der Waals surface area contributed by atoms with Gasteiger partial charge in [-0.15, -0.1) is 0 Å². The van der Waals surface area contributed by atoms with Crippen LogP contribution in [0.2, 0.25) is 0 Å². The van der Waals surface area contributed by atoms with Crippen molar-refractivity contribution in [2.75, 3.05) is 0 Å². The van der Waals surface area contributed by atoms with Gasteiger partial charge < -0.3 is 5.73 Å². The zero-order valence-corrected chi connectivity index (χ0v) is 9.12. The molecule has 0 bridgehead atoms. The van der Waals surface area contributed by atoms with E-state index in [0.29, 0.717) is 14.7 Å². The zero-order valence-electron chi connectivity index (χ0n) is 6.97. The fraction of sp³-hybridized carbons (Fsp3) is 0.111. The molecule has 1 amide bonds. The van der Waals surface area contributed by atoms with E-state index >= 15 is 0 Å². The summed E-state index contributed by atoms with van der Waals surface area (Å²) < 4.78 is 0.715. The standard InChI is InChI=1S/C9H7IN2O/c1-5-2-3-7(10)8(9(12)13)6(5)4-11/h2-3H,1H3,(H2,12,13). The Hall–Kier alpha value is -1.09. The van der Waals surface area contributed by atoms with Crippen LogP contribution in [0.1, 0.15) is 21.5 Å². The van der Waals surface area contributed by atoms with E-state index in [9.17, 15) is 4.79 Å². The van der Waals surface area contributed by atoms with Crippen molar-refractivity contribution in [3.8, 4) is 6.07 Å². The van der Waals surface area contributed by atoms with E-state index in [1.165, 1.54) is 0 Å². The van der Waals surface area contributed by atoms with Crippen LogP contribution in [-0.4, -0.2) is 5.91 Å². The van der Waals surface area contributed by atoms with Crippen LogP contribution < -0.4 is 5.73 Å². The molecular weight excluding hydrogens is 279 g/mol. The number of nitrogens with zero attached hydrogens (tertiary/aromatic N) is 1. The molecule has 0 atom stereocenters. The molecule has 0 unspecified atom stereocenters. The van der Waals surface area contributed by atoms with Crippen LogP contribution in [0.15, 0.2) is 12.1 Å². The lowest BCUT2D eigenvalue weighted by Gasteiger charge is -2.04. The molecule has 1 aromatic carbocycles. The van der Waals surface area contributed by atoms with Crippen molar-refractivity contribution >= 4 is 28.5 Å². The van der Waals surface area contributed by atoms with Gasteiger partial charge in [0.05, 0.1) is 11.1 Å². The van der Waals surface area contributed by atoms with E-state index in [1.54, 1.807) is 19.1 Å². The van der Waals surface area contributed by atoms with Gasteiger partial charge >= 0.3 is 0 Å². The minimum Gasteiger partial charge on any atom is -0.366 e. The third-order valence-electron chi connectivity index (χ3n) is 1.72. The van der Waals surface area contributed by atoms with Crippen molar-refractivity contribution < 1.29 is 4.79 Å². The van der Waals surface area contributed by atoms with Crippen LogP contribution in [0.5, 0.6) is 0 Å². The van der Waals surface area contributed by atoms with Crippen molar-refractivity contribution in [3.05, 3.63) is 32.4 Å². The molecule has 0 aliphatic rings. The highest BCUT2D eigenvalue weighted by Crippen LogP contribution is 2.19. The number of carbonyl (C=O) groups is 1. The molecule has 0 aliphatic carbocycles. The minimum absolute atomic E-state index is 0.322. The average molecular weight is 286 g/mol. The summed E-state index contributed by atoms with van der Waals surface area (Å²) in [4.78, 5) is 11.0. The van der Waals surface area contributed by atoms with E-state index in [2.05, 4.69) is 0 Å². The van der Waals surface area contributed by atoms with Gasteiger partial charge in [-0.2, -0.15) is 5.26 Å². The molecule has 0 aliphatic heterocycles. The zero-order chi connectivity index (χ0) is 10.0. The van der Waals surface area contributed by atoms with Crippen molar-refractivity contribution in [1.82, 2.24) is 0 Å². The molecule has 13 heavy (non-hydrogen) atoms. The first-order valence-electron chi connectivity index (χ1n) is 3.57. The maximum atomic E-state index is 11.0. The van der Waals surface area contributed by atoms with Crippen LogP contribution >= 0.6 is 22.6 Å². The predicted octanol–water partition coefficient (Wildman–Crippen LogP) is 1.57. The summed E-state index contributed by atoms with van der Waals surface area (Å²) in [7, 11) is 0. The Morgan fingerprint density at radius 2 is 2.23 bits per heavy atom. The lowest BCUT2D eigenvalue weighted by Crippen LogP contribution is -2.15. The first-order chi connectivity index (χ1) is 6.07. The first-order valence-corrected chi connectivity index (χ1v) is 4.64. The maximum Gasteiger partial charge on any atom is 0.251 e. The molecule has 0 saturated carbocycles. The van der Waals surface area contributed by atoms with Gasteiger partial charge in [0.15, 0.2) is 0 Å². The number of carbonyl (C=O) groups excluding carboxylic acids is 1. The van der Waals surface area contributed by atoms with Crippen molar-refractivity contribution in [2.45, 2.75) is 6.92 Å². The quantitative estimate of drug-likeness (QED) is 0.796. The number of hydrogen-bond acceptors (Lipinski definition) is 2. The minimum atomic E-state index is -0.551. The summed E-state index contributed by atoms with van der Waals surface area (Å²) in [5.41, 5.74) is 6.64. The Labute approximate surface area is 89.7 Å². The Morgan fingerprint density at radius 3 is 2.62 bits per heavy atom. The van der Waals surface area contributed by atoms with Crippen LogP contribution in [-0.2, 0) is 0 Å². The number of nitrogens with two attached hydrogens (primary N) is 1. The number of primary amides is 1. The highest BCUT2D eigenvalue weighted by Gasteiger charge is 2.13. The fourth-order valence-corrected chi connectivity index (χ4v) is 1.78. The Balaban J connectivity index is 3.55. The summed E-state index contributed by atoms with van der Waals surface area (Å²) in [5, 5.41) is 8.81. The Bertz CT molecular complexity index is 407. The Morgan fingerprint density at radius 1 is 1.62 bits per heavy atom. The highest BCUT2D eigenvalue weighted by atomic mass is 127. The predicted molar refractivity (Wildman–Crippen MR) is 57.1 cm³/mol. The van der Waals surface area contributed by atoms with Gasteiger partial charge in [-0.05, 0) is 41.1 Å². The molecule has 66 valence electrons. The van der Waals surface area contributed by atoms with Gasteiger partial charge in [-0.1, -0.05) is 6.07 Å². The topological polar surface area (TPSA) is 66.9 Å². The average Bonchev–Trinajstić information content (AvgIpc) is 2.07. The number of halogens is 1. The maximum absolute atomic E-state index is 11.0. The third kappa shape index (κ3) is 1.80. The molecular formula is C9H7IN2O. The fourth-order valence-electron chi connectivity index (χ4n) is 1.07. The second-order valence-corrected chi connectivity index (χ2v) is 3.75. The van der Waals surface area contributed by atoms with Gasteiger partial charge in [-0.3, -0.25) is 4.79 Å². The summed E-state index contributed by atoms with van der Waals surface area (Å²) in [6, 6.07) is 5.55. The number of hydrogen-bond donors (Lipinski definition) is 1. The molecule has 1 aromatic rings. The lowest BCUT2D eigenvalue weighted by molar-refractivity contribution is 0.0999. The second-order valence-electron chi connectivity index (χ2n) is 2.59. The molecule has 0 spiro atoms. The van der Waals surface area contributed by atoms with E-state index < -0.39 is 5.91 Å². The van der Waals surface area contributed by atoms with E-state index in [0.717, 1.165) is 5.56 Å². The first kappa shape index (κ1) is 9.99. The van der Waals surface area contributed by atoms with Crippen LogP contribution in [0.3, 0.4) is 0 Å². The van der Waals surface area contributed by atoms with Crippen molar-refractivity contribution in [1.29, 1.82) is 5.26 Å². The van der Waals surface area contributed by atoms with Crippen LogP contribution in [0.4, 0.5) is 0 Å². The van der Waals surface area contributed by atoms with Crippen molar-refractivity contribution in [2.24, 2.45) is 5.73 Å². The van der Waals surface area contributed by atoms with Gasteiger partial charge in [0.1, 0.15) is 6.07 Å². The lowest BCUT2D eigenvalue weighted by atomic mass is 10.0. The molecule has 1 rings (SSSR count). The molecule has 0 saturated heterocycles. The van der Waals surface area contributed by atoms with E-state index in [4.69, 9.17) is 11.0 Å². The van der Waals surface area contributed by atoms with Gasteiger partial charge in [0.25, 0.3) is 5.91 Å². The van der Waals surface area contributed by atoms with E-state index in [1.807, 2.05) is 28.7 Å². The van der Waals surface area contributed by atoms with Gasteiger partial charge in [0, 0.05) is 3.57 Å². The molecule has 0 radical (unpaired) electrons. The number of aryl methyl sites for hydroxylation is 1. The molecule has 4 heteroatoms. The van der Waals surface area contributed by atoms with Crippen molar-refractivity contribution in [3.63, 3.8) is 0 Å². The summed E-state index contributed by atoms with van der Waals surface area (Å²) >= 11 is 1.99. The monoisotopic (exact) mass is 286 g/mol. The normalized spacial score (nSPS) is 9.31. The molecule has 2 N–H and O–H groups in total. The van der Waals surface area contributed by atoms with Gasteiger partial charge in [0.2, 0.25) is 0 Å². The van der Waals surface area contributed by atoms with Crippen LogP contribution in [0, 0.1) is 21.8 Å². The summed E-state index contributed by atoms with van der Waals surface area (Å²) in [5.74, 6) is -0.551. The Kier molecular flexibility index (Phi) is 2.88.